The molecular formula is C18H10O4. The van der Waals surface area contributed by atoms with Crippen molar-refractivity contribution in [1.29, 1.82) is 0 Å². The lowest BCUT2D eigenvalue weighted by molar-refractivity contribution is -0.137. The summed E-state index contributed by atoms with van der Waals surface area (Å²) in [6.45, 7) is 0. The third kappa shape index (κ3) is 16.3. The van der Waals surface area contributed by atoms with Gasteiger partial charge < -0.3 is 10.2 Å². The SMILES string of the molecule is O=C(O)CCC#CC#CC#CC#CC#CC#CCCC(=O)O. The number of carboxylic acids is 2. The molecule has 0 saturated carbocycles. The Morgan fingerprint density at radius 1 is 0.545 bits per heavy atom. The number of carboxylic acid groups (broad SMARTS) is 2. The molecule has 0 amide bonds. The number of hydrogen-bond donors (Lipinski definition) is 2. The van der Waals surface area contributed by atoms with Gasteiger partial charge in [0.05, 0.1) is 12.8 Å². The first-order valence-electron chi connectivity index (χ1n) is 6.02. The Kier molecular flexibility index (Phi) is 11.4. The molecule has 106 valence electrons. The molecule has 0 aromatic rings. The maximum absolute atomic E-state index is 10.2. The molecule has 22 heavy (non-hydrogen) atoms. The molecule has 0 atom stereocenters. The smallest absolute Gasteiger partial charge is 0.304 e. The van der Waals surface area contributed by atoms with Crippen molar-refractivity contribution >= 4 is 11.9 Å². The van der Waals surface area contributed by atoms with Crippen molar-refractivity contribution in [2.24, 2.45) is 0 Å². The third-order valence-corrected chi connectivity index (χ3v) is 1.67. The van der Waals surface area contributed by atoms with E-state index in [-0.39, 0.29) is 25.7 Å². The van der Waals surface area contributed by atoms with Gasteiger partial charge in [0, 0.05) is 12.8 Å². The van der Waals surface area contributed by atoms with E-state index in [1.807, 2.05) is 0 Å². The summed E-state index contributed by atoms with van der Waals surface area (Å²) >= 11 is 0. The molecular weight excluding hydrogens is 280 g/mol. The Morgan fingerprint density at radius 2 is 0.818 bits per heavy atom. The molecule has 0 aliphatic rings. The van der Waals surface area contributed by atoms with Crippen LogP contribution in [0.5, 0.6) is 0 Å². The minimum atomic E-state index is -0.898. The van der Waals surface area contributed by atoms with Gasteiger partial charge in [-0.1, -0.05) is 11.8 Å². The maximum Gasteiger partial charge on any atom is 0.304 e. The van der Waals surface area contributed by atoms with Crippen LogP contribution in [0.1, 0.15) is 25.7 Å². The molecule has 0 fully saturated rings. The van der Waals surface area contributed by atoms with E-state index in [0.717, 1.165) is 0 Å². The molecule has 4 nitrogen and oxygen atoms in total. The lowest BCUT2D eigenvalue weighted by Gasteiger charge is -1.80. The summed E-state index contributed by atoms with van der Waals surface area (Å²) in [5, 5.41) is 16.7. The lowest BCUT2D eigenvalue weighted by atomic mass is 10.3. The summed E-state index contributed by atoms with van der Waals surface area (Å²) in [7, 11) is 0. The maximum atomic E-state index is 10.2. The van der Waals surface area contributed by atoms with Gasteiger partial charge in [0.1, 0.15) is 0 Å². The first-order chi connectivity index (χ1) is 10.6. The van der Waals surface area contributed by atoms with Crippen LogP contribution in [0, 0.1) is 71.0 Å². The van der Waals surface area contributed by atoms with Crippen LogP contribution in [0.4, 0.5) is 0 Å². The number of rotatable bonds is 4. The molecule has 0 aromatic carbocycles. The van der Waals surface area contributed by atoms with Crippen molar-refractivity contribution in [3.63, 3.8) is 0 Å². The minimum Gasteiger partial charge on any atom is -0.481 e. The van der Waals surface area contributed by atoms with E-state index in [4.69, 9.17) is 10.2 Å². The molecule has 0 bridgehead atoms. The Morgan fingerprint density at radius 3 is 1.09 bits per heavy atom. The fourth-order valence-corrected chi connectivity index (χ4v) is 0.802. The second-order valence-corrected chi connectivity index (χ2v) is 3.39. The lowest BCUT2D eigenvalue weighted by Crippen LogP contribution is -1.91. The highest BCUT2D eigenvalue weighted by atomic mass is 16.4. The van der Waals surface area contributed by atoms with E-state index in [1.165, 1.54) is 0 Å². The van der Waals surface area contributed by atoms with Crippen molar-refractivity contribution in [3.05, 3.63) is 0 Å². The standard InChI is InChI=1S/C18H10O4/c19-17(20)15-13-11-9-7-5-3-1-2-4-6-8-10-12-14-16-18(21)22/h13-16H2,(H,19,20)(H,21,22). The van der Waals surface area contributed by atoms with Crippen molar-refractivity contribution in [2.75, 3.05) is 0 Å². The second-order valence-electron chi connectivity index (χ2n) is 3.39. The zero-order chi connectivity index (χ0) is 16.5. The molecule has 0 unspecified atom stereocenters. The van der Waals surface area contributed by atoms with Crippen molar-refractivity contribution in [3.8, 4) is 71.0 Å². The Balaban J connectivity index is 4.09. The topological polar surface area (TPSA) is 74.6 Å². The molecule has 2 N–H and O–H groups in total. The van der Waals surface area contributed by atoms with Crippen LogP contribution in [0.15, 0.2) is 0 Å². The molecule has 0 aliphatic heterocycles. The van der Waals surface area contributed by atoms with Gasteiger partial charge in [0.2, 0.25) is 0 Å². The number of aliphatic carboxylic acids is 2. The van der Waals surface area contributed by atoms with Crippen LogP contribution in [0.2, 0.25) is 0 Å². The molecule has 0 heterocycles. The van der Waals surface area contributed by atoms with Crippen LogP contribution in [0.3, 0.4) is 0 Å². The fourth-order valence-electron chi connectivity index (χ4n) is 0.802. The van der Waals surface area contributed by atoms with Crippen molar-refractivity contribution < 1.29 is 19.8 Å². The Labute approximate surface area is 129 Å². The molecule has 0 spiro atoms. The predicted molar refractivity (Wildman–Crippen MR) is 80.4 cm³/mol. The summed E-state index contributed by atoms with van der Waals surface area (Å²) in [6.07, 6.45) is 0.480. The van der Waals surface area contributed by atoms with Crippen LogP contribution >= 0.6 is 0 Å². The van der Waals surface area contributed by atoms with Gasteiger partial charge in [-0.15, -0.1) is 0 Å². The summed E-state index contributed by atoms with van der Waals surface area (Å²) in [6, 6.07) is 0. The third-order valence-electron chi connectivity index (χ3n) is 1.67. The van der Waals surface area contributed by atoms with Gasteiger partial charge in [0.15, 0.2) is 0 Å². The quantitative estimate of drug-likeness (QED) is 0.749. The average molecular weight is 290 g/mol. The van der Waals surface area contributed by atoms with Gasteiger partial charge in [-0.05, 0) is 59.2 Å². The fraction of sp³-hybridized carbons (Fsp3) is 0.222. The average Bonchev–Trinajstić information content (AvgIpc) is 2.46. The minimum absolute atomic E-state index is 0.0102. The summed E-state index contributed by atoms with van der Waals surface area (Å²) in [5.74, 6) is 27.8. The van der Waals surface area contributed by atoms with E-state index in [2.05, 4.69) is 71.0 Å². The highest BCUT2D eigenvalue weighted by Gasteiger charge is 1.90. The van der Waals surface area contributed by atoms with E-state index in [1.54, 1.807) is 0 Å². The predicted octanol–water partition coefficient (Wildman–Crippen LogP) is 0.736. The summed E-state index contributed by atoms with van der Waals surface area (Å²) in [5.41, 5.74) is 0. The van der Waals surface area contributed by atoms with Crippen molar-refractivity contribution in [2.45, 2.75) is 25.7 Å². The molecule has 4 heteroatoms. The van der Waals surface area contributed by atoms with Gasteiger partial charge in [-0.2, -0.15) is 0 Å². The zero-order valence-corrected chi connectivity index (χ0v) is 11.5. The van der Waals surface area contributed by atoms with Crippen LogP contribution in [0.25, 0.3) is 0 Å². The normalized spacial score (nSPS) is 6.36. The number of hydrogen-bond acceptors (Lipinski definition) is 2. The van der Waals surface area contributed by atoms with E-state index in [9.17, 15) is 9.59 Å². The molecule has 0 radical (unpaired) electrons. The van der Waals surface area contributed by atoms with Crippen LogP contribution < -0.4 is 0 Å². The van der Waals surface area contributed by atoms with Gasteiger partial charge >= 0.3 is 11.9 Å². The molecule has 0 aliphatic carbocycles. The van der Waals surface area contributed by atoms with E-state index >= 15 is 0 Å². The monoisotopic (exact) mass is 290 g/mol. The zero-order valence-electron chi connectivity index (χ0n) is 11.5. The first kappa shape index (κ1) is 18.3. The van der Waals surface area contributed by atoms with E-state index in [0.29, 0.717) is 0 Å². The first-order valence-corrected chi connectivity index (χ1v) is 6.02. The van der Waals surface area contributed by atoms with Crippen LogP contribution in [-0.4, -0.2) is 22.2 Å². The van der Waals surface area contributed by atoms with Gasteiger partial charge in [0.25, 0.3) is 0 Å². The van der Waals surface area contributed by atoms with Crippen LogP contribution in [-0.2, 0) is 9.59 Å². The van der Waals surface area contributed by atoms with Crippen molar-refractivity contribution in [1.82, 2.24) is 0 Å². The Hall–Kier alpha value is -3.70. The molecule has 0 rings (SSSR count). The molecule has 0 aromatic heterocycles. The highest BCUT2D eigenvalue weighted by molar-refractivity contribution is 5.67. The highest BCUT2D eigenvalue weighted by Crippen LogP contribution is 1.84. The molecule has 0 saturated heterocycles. The number of carbonyl (C=O) groups is 2. The summed E-state index contributed by atoms with van der Waals surface area (Å²) < 4.78 is 0. The summed E-state index contributed by atoms with van der Waals surface area (Å²) in [4.78, 5) is 20.4. The largest absolute Gasteiger partial charge is 0.481 e. The van der Waals surface area contributed by atoms with E-state index < -0.39 is 11.9 Å². The Bertz CT molecular complexity index is 710. The second kappa shape index (κ2) is 13.7. The van der Waals surface area contributed by atoms with Gasteiger partial charge in [-0.3, -0.25) is 9.59 Å². The van der Waals surface area contributed by atoms with Gasteiger partial charge in [-0.25, -0.2) is 0 Å².